The minimum absolute atomic E-state index is 0.228. The third-order valence-electron chi connectivity index (χ3n) is 2.50. The second kappa shape index (κ2) is 4.96. The molecule has 0 amide bonds. The summed E-state index contributed by atoms with van der Waals surface area (Å²) in [4.78, 5) is 2.15. The van der Waals surface area contributed by atoms with E-state index in [0.717, 1.165) is 6.54 Å². The van der Waals surface area contributed by atoms with Crippen LogP contribution in [0.5, 0.6) is 0 Å². The zero-order chi connectivity index (χ0) is 10.6. The standard InChI is InChI=1S/C9H21NO2S/c1-8(2)10(4)7-6-9(3)13(5,11)12/h8-9H,6-7H2,1-5H3. The molecular weight excluding hydrogens is 186 g/mol. The second-order valence-electron chi connectivity index (χ2n) is 4.00. The Morgan fingerprint density at radius 2 is 1.69 bits per heavy atom. The number of nitrogens with zero attached hydrogens (tertiary/aromatic N) is 1. The van der Waals surface area contributed by atoms with Gasteiger partial charge >= 0.3 is 0 Å². The van der Waals surface area contributed by atoms with E-state index in [4.69, 9.17) is 0 Å². The van der Waals surface area contributed by atoms with Gasteiger partial charge in [-0.25, -0.2) is 8.42 Å². The van der Waals surface area contributed by atoms with Crippen LogP contribution in [0.2, 0.25) is 0 Å². The van der Waals surface area contributed by atoms with Crippen LogP contribution in [0.25, 0.3) is 0 Å². The van der Waals surface area contributed by atoms with Crippen molar-refractivity contribution in [2.45, 2.75) is 38.5 Å². The second-order valence-corrected chi connectivity index (χ2v) is 6.47. The van der Waals surface area contributed by atoms with Gasteiger partial charge < -0.3 is 4.90 Å². The highest BCUT2D eigenvalue weighted by Crippen LogP contribution is 2.05. The minimum atomic E-state index is -2.85. The van der Waals surface area contributed by atoms with Gasteiger partial charge in [0.05, 0.1) is 5.25 Å². The summed E-state index contributed by atoms with van der Waals surface area (Å²) in [5, 5.41) is -0.228. The van der Waals surface area contributed by atoms with E-state index in [-0.39, 0.29) is 5.25 Å². The predicted octanol–water partition coefficient (Wildman–Crippen LogP) is 1.15. The number of rotatable bonds is 5. The molecule has 0 saturated heterocycles. The maximum absolute atomic E-state index is 11.1. The lowest BCUT2D eigenvalue weighted by molar-refractivity contribution is 0.270. The Hall–Kier alpha value is -0.0900. The van der Waals surface area contributed by atoms with Crippen molar-refractivity contribution in [1.82, 2.24) is 4.90 Å². The van der Waals surface area contributed by atoms with E-state index in [1.807, 2.05) is 7.05 Å². The summed E-state index contributed by atoms with van der Waals surface area (Å²) >= 11 is 0. The Bertz CT molecular complexity index is 234. The maximum atomic E-state index is 11.1. The normalized spacial score (nSPS) is 15.3. The van der Waals surface area contributed by atoms with Gasteiger partial charge in [-0.2, -0.15) is 0 Å². The fourth-order valence-electron chi connectivity index (χ4n) is 0.858. The molecule has 0 rings (SSSR count). The average molecular weight is 207 g/mol. The van der Waals surface area contributed by atoms with E-state index in [1.54, 1.807) is 6.92 Å². The zero-order valence-electron chi connectivity index (χ0n) is 9.24. The van der Waals surface area contributed by atoms with Crippen molar-refractivity contribution in [2.75, 3.05) is 19.8 Å². The third kappa shape index (κ3) is 5.26. The van der Waals surface area contributed by atoms with E-state index in [0.29, 0.717) is 12.5 Å². The monoisotopic (exact) mass is 207 g/mol. The fraction of sp³-hybridized carbons (Fsp3) is 1.00. The molecule has 80 valence electrons. The molecule has 0 aromatic heterocycles. The first kappa shape index (κ1) is 12.9. The van der Waals surface area contributed by atoms with Gasteiger partial charge in [-0.15, -0.1) is 0 Å². The van der Waals surface area contributed by atoms with Crippen molar-refractivity contribution in [3.05, 3.63) is 0 Å². The molecule has 0 saturated carbocycles. The minimum Gasteiger partial charge on any atom is -0.304 e. The van der Waals surface area contributed by atoms with Crippen LogP contribution < -0.4 is 0 Å². The van der Waals surface area contributed by atoms with Crippen LogP contribution in [0.1, 0.15) is 27.2 Å². The molecule has 3 nitrogen and oxygen atoms in total. The Morgan fingerprint density at radius 1 is 1.23 bits per heavy atom. The molecule has 0 aliphatic rings. The molecule has 4 heteroatoms. The lowest BCUT2D eigenvalue weighted by atomic mass is 10.3. The Balaban J connectivity index is 3.91. The van der Waals surface area contributed by atoms with Crippen molar-refractivity contribution in [3.63, 3.8) is 0 Å². The van der Waals surface area contributed by atoms with Gasteiger partial charge in [-0.3, -0.25) is 0 Å². The van der Waals surface area contributed by atoms with Gasteiger partial charge in [0.15, 0.2) is 0 Å². The van der Waals surface area contributed by atoms with Crippen LogP contribution in [-0.4, -0.2) is 44.5 Å². The summed E-state index contributed by atoms with van der Waals surface area (Å²) in [6.07, 6.45) is 2.01. The zero-order valence-corrected chi connectivity index (χ0v) is 10.1. The third-order valence-corrected chi connectivity index (χ3v) is 4.20. The van der Waals surface area contributed by atoms with Crippen molar-refractivity contribution in [1.29, 1.82) is 0 Å². The highest BCUT2D eigenvalue weighted by Gasteiger charge is 2.15. The van der Waals surface area contributed by atoms with Crippen LogP contribution in [0.15, 0.2) is 0 Å². The molecule has 0 radical (unpaired) electrons. The summed E-state index contributed by atoms with van der Waals surface area (Å²) in [5.41, 5.74) is 0. The van der Waals surface area contributed by atoms with Gasteiger partial charge in [0.2, 0.25) is 0 Å². The Labute approximate surface area is 82.0 Å². The lowest BCUT2D eigenvalue weighted by Crippen LogP contribution is -2.30. The number of hydrogen-bond donors (Lipinski definition) is 0. The summed E-state index contributed by atoms with van der Waals surface area (Å²) in [7, 11) is -0.837. The molecule has 0 aromatic carbocycles. The highest BCUT2D eigenvalue weighted by molar-refractivity contribution is 7.91. The molecule has 13 heavy (non-hydrogen) atoms. The topological polar surface area (TPSA) is 37.4 Å². The lowest BCUT2D eigenvalue weighted by Gasteiger charge is -2.22. The summed E-state index contributed by atoms with van der Waals surface area (Å²) in [6.45, 7) is 6.81. The Kier molecular flexibility index (Phi) is 4.92. The molecule has 0 heterocycles. The van der Waals surface area contributed by atoms with Crippen LogP contribution in [-0.2, 0) is 9.84 Å². The van der Waals surface area contributed by atoms with Crippen LogP contribution >= 0.6 is 0 Å². The summed E-state index contributed by atoms with van der Waals surface area (Å²) < 4.78 is 22.2. The highest BCUT2D eigenvalue weighted by atomic mass is 32.2. The maximum Gasteiger partial charge on any atom is 0.150 e. The van der Waals surface area contributed by atoms with Crippen molar-refractivity contribution in [3.8, 4) is 0 Å². The van der Waals surface area contributed by atoms with Gasteiger partial charge in [0.25, 0.3) is 0 Å². The van der Waals surface area contributed by atoms with Crippen molar-refractivity contribution < 1.29 is 8.42 Å². The summed E-state index contributed by atoms with van der Waals surface area (Å²) in [6, 6.07) is 0.478. The molecule has 0 bridgehead atoms. The molecule has 0 N–H and O–H groups in total. The quantitative estimate of drug-likeness (QED) is 0.678. The molecule has 0 aromatic rings. The molecule has 0 aliphatic heterocycles. The molecule has 0 aliphatic carbocycles. The first-order valence-electron chi connectivity index (χ1n) is 4.64. The summed E-state index contributed by atoms with van der Waals surface area (Å²) in [5.74, 6) is 0. The van der Waals surface area contributed by atoms with Crippen molar-refractivity contribution in [2.24, 2.45) is 0 Å². The van der Waals surface area contributed by atoms with Gasteiger partial charge in [0, 0.05) is 12.3 Å². The van der Waals surface area contributed by atoms with E-state index in [2.05, 4.69) is 18.7 Å². The van der Waals surface area contributed by atoms with Crippen LogP contribution in [0, 0.1) is 0 Å². The fourth-order valence-corrected chi connectivity index (χ4v) is 1.39. The first-order valence-corrected chi connectivity index (χ1v) is 6.59. The Morgan fingerprint density at radius 3 is 2.00 bits per heavy atom. The largest absolute Gasteiger partial charge is 0.304 e. The predicted molar refractivity (Wildman–Crippen MR) is 56.7 cm³/mol. The van der Waals surface area contributed by atoms with E-state index < -0.39 is 9.84 Å². The van der Waals surface area contributed by atoms with Gasteiger partial charge in [-0.05, 0) is 40.8 Å². The number of hydrogen-bond acceptors (Lipinski definition) is 3. The molecule has 1 unspecified atom stereocenters. The van der Waals surface area contributed by atoms with Gasteiger partial charge in [-0.1, -0.05) is 0 Å². The molecule has 0 spiro atoms. The molecule has 0 fully saturated rings. The number of sulfone groups is 1. The van der Waals surface area contributed by atoms with E-state index in [9.17, 15) is 8.42 Å². The van der Waals surface area contributed by atoms with Crippen molar-refractivity contribution >= 4 is 9.84 Å². The van der Waals surface area contributed by atoms with Crippen LogP contribution in [0.4, 0.5) is 0 Å². The molecule has 1 atom stereocenters. The van der Waals surface area contributed by atoms with E-state index in [1.165, 1.54) is 6.26 Å². The van der Waals surface area contributed by atoms with E-state index >= 15 is 0 Å². The molecular formula is C9H21NO2S. The first-order chi connectivity index (χ1) is 5.75. The van der Waals surface area contributed by atoms with Gasteiger partial charge in [0.1, 0.15) is 9.84 Å². The smallest absolute Gasteiger partial charge is 0.150 e. The SMILES string of the molecule is CC(C)N(C)CCC(C)S(C)(=O)=O. The van der Waals surface area contributed by atoms with Crippen LogP contribution in [0.3, 0.4) is 0 Å². The average Bonchev–Trinajstić information content (AvgIpc) is 1.97.